The molecule has 0 aromatic rings. The standard InChI is InChI=1S/C12H20N2O3/c1-9(15)6-10-4-2-3-5-14(10)8-11-7-13-12(16)17-11/h10-11H,2-8H2,1H3,(H,13,16). The van der Waals surface area contributed by atoms with Crippen molar-refractivity contribution in [2.24, 2.45) is 0 Å². The Morgan fingerprint density at radius 1 is 1.53 bits per heavy atom. The number of nitrogens with one attached hydrogen (secondary N) is 1. The largest absolute Gasteiger partial charge is 0.443 e. The fraction of sp³-hybridized carbons (Fsp3) is 0.833. The molecule has 17 heavy (non-hydrogen) atoms. The van der Waals surface area contributed by atoms with Gasteiger partial charge in [-0.25, -0.2) is 4.79 Å². The molecule has 1 amide bonds. The summed E-state index contributed by atoms with van der Waals surface area (Å²) in [4.78, 5) is 24.5. The van der Waals surface area contributed by atoms with Crippen LogP contribution in [0.4, 0.5) is 4.79 Å². The molecule has 2 rings (SSSR count). The van der Waals surface area contributed by atoms with Crippen molar-refractivity contribution in [2.45, 2.75) is 44.8 Å². The highest BCUT2D eigenvalue weighted by atomic mass is 16.6. The number of Topliss-reactive ketones (excluding diaryl/α,β-unsaturated/α-hetero) is 1. The minimum atomic E-state index is -0.324. The highest BCUT2D eigenvalue weighted by Crippen LogP contribution is 2.21. The Hall–Kier alpha value is -1.10. The molecule has 0 aromatic heterocycles. The van der Waals surface area contributed by atoms with Crippen LogP contribution in [0.5, 0.6) is 0 Å². The van der Waals surface area contributed by atoms with E-state index in [9.17, 15) is 9.59 Å². The van der Waals surface area contributed by atoms with Crippen LogP contribution in [-0.2, 0) is 9.53 Å². The number of ether oxygens (including phenoxy) is 1. The van der Waals surface area contributed by atoms with Gasteiger partial charge in [-0.3, -0.25) is 9.69 Å². The summed E-state index contributed by atoms with van der Waals surface area (Å²) in [5.41, 5.74) is 0. The number of rotatable bonds is 4. The van der Waals surface area contributed by atoms with Crippen LogP contribution in [0.1, 0.15) is 32.6 Å². The monoisotopic (exact) mass is 240 g/mol. The van der Waals surface area contributed by atoms with E-state index in [2.05, 4.69) is 10.2 Å². The van der Waals surface area contributed by atoms with Gasteiger partial charge in [0.05, 0.1) is 6.54 Å². The van der Waals surface area contributed by atoms with Crippen molar-refractivity contribution in [3.63, 3.8) is 0 Å². The second kappa shape index (κ2) is 5.49. The lowest BCUT2D eigenvalue weighted by Crippen LogP contribution is -2.45. The van der Waals surface area contributed by atoms with Gasteiger partial charge >= 0.3 is 6.09 Å². The van der Waals surface area contributed by atoms with E-state index in [4.69, 9.17) is 4.74 Å². The lowest BCUT2D eigenvalue weighted by Gasteiger charge is -2.36. The maximum Gasteiger partial charge on any atom is 0.407 e. The number of hydrogen-bond acceptors (Lipinski definition) is 4. The third-order valence-corrected chi connectivity index (χ3v) is 3.46. The molecule has 96 valence electrons. The number of nitrogens with zero attached hydrogens (tertiary/aromatic N) is 1. The molecule has 0 bridgehead atoms. The second-order valence-corrected chi connectivity index (χ2v) is 4.96. The molecule has 2 saturated heterocycles. The van der Waals surface area contributed by atoms with E-state index in [0.717, 1.165) is 19.5 Å². The van der Waals surface area contributed by atoms with Gasteiger partial charge in [0.15, 0.2) is 0 Å². The summed E-state index contributed by atoms with van der Waals surface area (Å²) in [6, 6.07) is 0.334. The van der Waals surface area contributed by atoms with E-state index in [-0.39, 0.29) is 18.0 Å². The molecule has 5 heteroatoms. The smallest absolute Gasteiger partial charge is 0.407 e. The summed E-state index contributed by atoms with van der Waals surface area (Å²) in [6.45, 7) is 3.98. The summed E-state index contributed by atoms with van der Waals surface area (Å²) in [5, 5.41) is 2.66. The Morgan fingerprint density at radius 2 is 2.35 bits per heavy atom. The molecule has 0 saturated carbocycles. The Morgan fingerprint density at radius 3 is 3.00 bits per heavy atom. The van der Waals surface area contributed by atoms with Gasteiger partial charge in [0, 0.05) is 19.0 Å². The van der Waals surface area contributed by atoms with Crippen LogP contribution in [0.15, 0.2) is 0 Å². The van der Waals surface area contributed by atoms with Crippen LogP contribution in [0.25, 0.3) is 0 Å². The van der Waals surface area contributed by atoms with Crippen LogP contribution < -0.4 is 5.32 Å². The number of alkyl carbamates (subject to hydrolysis) is 1. The van der Waals surface area contributed by atoms with Crippen LogP contribution in [-0.4, -0.2) is 48.6 Å². The third-order valence-electron chi connectivity index (χ3n) is 3.46. The zero-order valence-corrected chi connectivity index (χ0v) is 10.3. The maximum absolute atomic E-state index is 11.2. The quantitative estimate of drug-likeness (QED) is 0.794. The van der Waals surface area contributed by atoms with Gasteiger partial charge in [-0.1, -0.05) is 6.42 Å². The molecule has 1 N–H and O–H groups in total. The summed E-state index contributed by atoms with van der Waals surface area (Å²) in [6.07, 6.45) is 3.67. The lowest BCUT2D eigenvalue weighted by atomic mass is 9.97. The first-order valence-electron chi connectivity index (χ1n) is 6.33. The number of carbonyl (C=O) groups is 2. The van der Waals surface area contributed by atoms with Crippen LogP contribution >= 0.6 is 0 Å². The first-order chi connectivity index (χ1) is 8.15. The third kappa shape index (κ3) is 3.43. The molecule has 0 spiro atoms. The van der Waals surface area contributed by atoms with E-state index < -0.39 is 0 Å². The summed E-state index contributed by atoms with van der Waals surface area (Å²) in [5.74, 6) is 0.239. The minimum absolute atomic E-state index is 0.0601. The maximum atomic E-state index is 11.2. The average molecular weight is 240 g/mol. The van der Waals surface area contributed by atoms with E-state index in [1.807, 2.05) is 0 Å². The first-order valence-corrected chi connectivity index (χ1v) is 6.33. The molecule has 2 atom stereocenters. The van der Waals surface area contributed by atoms with Gasteiger partial charge in [0.25, 0.3) is 0 Å². The fourth-order valence-electron chi connectivity index (χ4n) is 2.66. The van der Waals surface area contributed by atoms with Gasteiger partial charge in [0.2, 0.25) is 0 Å². The predicted octanol–water partition coefficient (Wildman–Crippen LogP) is 0.928. The molecule has 2 heterocycles. The Kier molecular flexibility index (Phi) is 3.99. The highest BCUT2D eigenvalue weighted by Gasteiger charge is 2.29. The van der Waals surface area contributed by atoms with Gasteiger partial charge in [0.1, 0.15) is 11.9 Å². The van der Waals surface area contributed by atoms with Crippen molar-refractivity contribution in [3.8, 4) is 0 Å². The number of hydrogen-bond donors (Lipinski definition) is 1. The minimum Gasteiger partial charge on any atom is -0.443 e. The summed E-state index contributed by atoms with van der Waals surface area (Å²) < 4.78 is 5.14. The van der Waals surface area contributed by atoms with Gasteiger partial charge in [-0.15, -0.1) is 0 Å². The summed E-state index contributed by atoms with van der Waals surface area (Å²) in [7, 11) is 0. The predicted molar refractivity (Wildman–Crippen MR) is 62.8 cm³/mol. The van der Waals surface area contributed by atoms with Crippen molar-refractivity contribution in [1.29, 1.82) is 0 Å². The molecular weight excluding hydrogens is 220 g/mol. The fourth-order valence-corrected chi connectivity index (χ4v) is 2.66. The van der Waals surface area contributed by atoms with E-state index in [0.29, 0.717) is 19.0 Å². The van der Waals surface area contributed by atoms with Crippen LogP contribution in [0, 0.1) is 0 Å². The molecule has 2 aliphatic heterocycles. The Balaban J connectivity index is 1.87. The highest BCUT2D eigenvalue weighted by molar-refractivity contribution is 5.76. The zero-order valence-electron chi connectivity index (χ0n) is 10.3. The van der Waals surface area contributed by atoms with Gasteiger partial charge < -0.3 is 10.1 Å². The van der Waals surface area contributed by atoms with E-state index >= 15 is 0 Å². The van der Waals surface area contributed by atoms with Crippen molar-refractivity contribution in [2.75, 3.05) is 19.6 Å². The van der Waals surface area contributed by atoms with E-state index in [1.165, 1.54) is 12.8 Å². The number of piperidine rings is 1. The number of amides is 1. The number of carbonyl (C=O) groups excluding carboxylic acids is 2. The average Bonchev–Trinajstić information content (AvgIpc) is 2.66. The van der Waals surface area contributed by atoms with Gasteiger partial charge in [-0.05, 0) is 26.3 Å². The van der Waals surface area contributed by atoms with Crippen molar-refractivity contribution in [1.82, 2.24) is 10.2 Å². The SMILES string of the molecule is CC(=O)CC1CCCCN1CC1CNC(=O)O1. The Labute approximate surface area is 101 Å². The van der Waals surface area contributed by atoms with Crippen LogP contribution in [0.3, 0.4) is 0 Å². The molecule has 0 aliphatic carbocycles. The van der Waals surface area contributed by atoms with Gasteiger partial charge in [-0.2, -0.15) is 0 Å². The van der Waals surface area contributed by atoms with E-state index in [1.54, 1.807) is 6.92 Å². The van der Waals surface area contributed by atoms with Crippen molar-refractivity contribution >= 4 is 11.9 Å². The number of cyclic esters (lactones) is 1. The molecule has 2 aliphatic rings. The molecule has 0 aromatic carbocycles. The number of likely N-dealkylation sites (tertiary alicyclic amines) is 1. The normalized spacial score (nSPS) is 29.8. The number of ketones is 1. The van der Waals surface area contributed by atoms with Crippen molar-refractivity contribution in [3.05, 3.63) is 0 Å². The molecule has 2 fully saturated rings. The molecule has 0 radical (unpaired) electrons. The molecule has 5 nitrogen and oxygen atoms in total. The summed E-state index contributed by atoms with van der Waals surface area (Å²) >= 11 is 0. The Bertz CT molecular complexity index is 306. The van der Waals surface area contributed by atoms with Crippen LogP contribution in [0.2, 0.25) is 0 Å². The second-order valence-electron chi connectivity index (χ2n) is 4.96. The molecule has 2 unspecified atom stereocenters. The first kappa shape index (κ1) is 12.4. The lowest BCUT2D eigenvalue weighted by molar-refractivity contribution is -0.118. The zero-order chi connectivity index (χ0) is 12.3. The molecular formula is C12H20N2O3. The van der Waals surface area contributed by atoms with Crippen molar-refractivity contribution < 1.29 is 14.3 Å². The topological polar surface area (TPSA) is 58.6 Å².